The van der Waals surface area contributed by atoms with Crippen LogP contribution in [0.4, 0.5) is 0 Å². The quantitative estimate of drug-likeness (QED) is 0.265. The van der Waals surface area contributed by atoms with Crippen molar-refractivity contribution in [2.75, 3.05) is 12.5 Å². The average molecular weight is 439 g/mol. The summed E-state index contributed by atoms with van der Waals surface area (Å²) in [6, 6.07) is 36.5. The fourth-order valence-electron chi connectivity index (χ4n) is 5.06. The lowest BCUT2D eigenvalue weighted by Crippen LogP contribution is -2.28. The molecule has 5 rings (SSSR count). The van der Waals surface area contributed by atoms with E-state index >= 15 is 0 Å². The standard InChI is InChI=1S/C29H26S2/c1-30-19-21-11-15-23(16-12-21)29(24-17-13-22(14-18-24)20-31-2)27-9-5-3-7-25(27)26-8-4-6-10-28(26)29/h3-18H,19-20H2,1-2H3. The van der Waals surface area contributed by atoms with Crippen molar-refractivity contribution in [2.45, 2.75) is 16.9 Å². The molecule has 0 amide bonds. The highest BCUT2D eigenvalue weighted by molar-refractivity contribution is 7.98. The second-order valence-corrected chi connectivity index (χ2v) is 9.83. The van der Waals surface area contributed by atoms with Gasteiger partial charge in [0.25, 0.3) is 0 Å². The molecule has 1 aliphatic carbocycles. The minimum absolute atomic E-state index is 0.289. The number of benzene rings is 4. The summed E-state index contributed by atoms with van der Waals surface area (Å²) in [5.74, 6) is 2.09. The Morgan fingerprint density at radius 1 is 0.516 bits per heavy atom. The molecule has 0 aliphatic heterocycles. The van der Waals surface area contributed by atoms with Gasteiger partial charge in [-0.1, -0.05) is 97.1 Å². The maximum atomic E-state index is 2.35. The van der Waals surface area contributed by atoms with Crippen molar-refractivity contribution < 1.29 is 0 Å². The third-order valence-electron chi connectivity index (χ3n) is 6.35. The van der Waals surface area contributed by atoms with Crippen LogP contribution in [0.15, 0.2) is 97.1 Å². The van der Waals surface area contributed by atoms with Gasteiger partial charge < -0.3 is 0 Å². The van der Waals surface area contributed by atoms with Crippen molar-refractivity contribution in [3.63, 3.8) is 0 Å². The molecule has 0 nitrogen and oxygen atoms in total. The van der Waals surface area contributed by atoms with Crippen LogP contribution in [0.5, 0.6) is 0 Å². The zero-order chi connectivity index (χ0) is 21.3. The van der Waals surface area contributed by atoms with Gasteiger partial charge in [0.1, 0.15) is 0 Å². The molecule has 4 aromatic carbocycles. The minimum Gasteiger partial charge on any atom is -0.161 e. The van der Waals surface area contributed by atoms with Crippen molar-refractivity contribution in [2.24, 2.45) is 0 Å². The molecule has 0 unspecified atom stereocenters. The summed E-state index contributed by atoms with van der Waals surface area (Å²) < 4.78 is 0. The van der Waals surface area contributed by atoms with Gasteiger partial charge in [-0.25, -0.2) is 0 Å². The van der Waals surface area contributed by atoms with E-state index in [1.54, 1.807) is 0 Å². The second kappa shape index (κ2) is 8.61. The van der Waals surface area contributed by atoms with E-state index < -0.39 is 0 Å². The number of hydrogen-bond donors (Lipinski definition) is 0. The van der Waals surface area contributed by atoms with Crippen LogP contribution >= 0.6 is 23.5 Å². The zero-order valence-corrected chi connectivity index (χ0v) is 19.6. The highest BCUT2D eigenvalue weighted by atomic mass is 32.2. The summed E-state index contributed by atoms with van der Waals surface area (Å²) in [6.45, 7) is 0. The zero-order valence-electron chi connectivity index (χ0n) is 18.0. The van der Waals surface area contributed by atoms with Crippen molar-refractivity contribution in [1.29, 1.82) is 0 Å². The predicted molar refractivity (Wildman–Crippen MR) is 138 cm³/mol. The molecule has 154 valence electrons. The molecule has 0 saturated carbocycles. The lowest BCUT2D eigenvalue weighted by atomic mass is 9.67. The predicted octanol–water partition coefficient (Wildman–Crippen LogP) is 7.78. The van der Waals surface area contributed by atoms with Gasteiger partial charge in [-0.2, -0.15) is 23.5 Å². The average Bonchev–Trinajstić information content (AvgIpc) is 3.12. The Morgan fingerprint density at radius 3 is 1.29 bits per heavy atom. The third-order valence-corrected chi connectivity index (χ3v) is 7.59. The van der Waals surface area contributed by atoms with Gasteiger partial charge in [0.05, 0.1) is 5.41 Å². The summed E-state index contributed by atoms with van der Waals surface area (Å²) in [7, 11) is 0. The Hall–Kier alpha value is -2.42. The van der Waals surface area contributed by atoms with Gasteiger partial charge in [0.2, 0.25) is 0 Å². The molecule has 1 aliphatic rings. The van der Waals surface area contributed by atoms with E-state index in [-0.39, 0.29) is 5.41 Å². The Kier molecular flexibility index (Phi) is 5.69. The van der Waals surface area contributed by atoms with E-state index in [0.29, 0.717) is 0 Å². The molecule has 0 bridgehead atoms. The van der Waals surface area contributed by atoms with E-state index in [1.165, 1.54) is 44.5 Å². The van der Waals surface area contributed by atoms with Gasteiger partial charge >= 0.3 is 0 Å². The molecular weight excluding hydrogens is 412 g/mol. The van der Waals surface area contributed by atoms with Gasteiger partial charge in [0.15, 0.2) is 0 Å². The lowest BCUT2D eigenvalue weighted by molar-refractivity contribution is 0.767. The molecule has 4 aromatic rings. The van der Waals surface area contributed by atoms with Crippen LogP contribution in [0, 0.1) is 0 Å². The Bertz CT molecular complexity index is 1090. The Morgan fingerprint density at radius 2 is 0.903 bits per heavy atom. The number of rotatable bonds is 6. The SMILES string of the molecule is CSCc1ccc(C2(c3ccc(CSC)cc3)c3ccccc3-c3ccccc32)cc1. The largest absolute Gasteiger partial charge is 0.161 e. The molecule has 0 fully saturated rings. The van der Waals surface area contributed by atoms with E-state index in [0.717, 1.165) is 11.5 Å². The highest BCUT2D eigenvalue weighted by Gasteiger charge is 2.45. The first-order valence-corrected chi connectivity index (χ1v) is 13.4. The van der Waals surface area contributed by atoms with Crippen LogP contribution in [-0.2, 0) is 16.9 Å². The summed E-state index contributed by atoms with van der Waals surface area (Å²) in [5.41, 5.74) is 10.6. The topological polar surface area (TPSA) is 0 Å². The summed E-state index contributed by atoms with van der Waals surface area (Å²) in [5, 5.41) is 0. The van der Waals surface area contributed by atoms with Crippen LogP contribution in [0.25, 0.3) is 11.1 Å². The molecule has 0 saturated heterocycles. The van der Waals surface area contributed by atoms with Crippen LogP contribution in [0.1, 0.15) is 33.4 Å². The van der Waals surface area contributed by atoms with Crippen LogP contribution in [0.3, 0.4) is 0 Å². The van der Waals surface area contributed by atoms with Crippen molar-refractivity contribution in [1.82, 2.24) is 0 Å². The van der Waals surface area contributed by atoms with Gasteiger partial charge in [-0.3, -0.25) is 0 Å². The molecule has 31 heavy (non-hydrogen) atoms. The first-order valence-electron chi connectivity index (χ1n) is 10.6. The van der Waals surface area contributed by atoms with E-state index in [9.17, 15) is 0 Å². The third kappa shape index (κ3) is 3.33. The summed E-state index contributed by atoms with van der Waals surface area (Å²) >= 11 is 3.74. The maximum absolute atomic E-state index is 2.35. The highest BCUT2D eigenvalue weighted by Crippen LogP contribution is 2.55. The maximum Gasteiger partial charge on any atom is 0.0713 e. The smallest absolute Gasteiger partial charge is 0.0713 e. The van der Waals surface area contributed by atoms with E-state index in [1.807, 2.05) is 23.5 Å². The van der Waals surface area contributed by atoms with E-state index in [2.05, 4.69) is 110 Å². The van der Waals surface area contributed by atoms with E-state index in [4.69, 9.17) is 0 Å². The molecule has 0 N–H and O–H groups in total. The molecule has 2 heteroatoms. The van der Waals surface area contributed by atoms with Crippen LogP contribution in [-0.4, -0.2) is 12.5 Å². The fraction of sp³-hybridized carbons (Fsp3) is 0.172. The normalized spacial score (nSPS) is 13.6. The Labute approximate surface area is 194 Å². The molecular formula is C29H26S2. The number of thioether (sulfide) groups is 2. The van der Waals surface area contributed by atoms with Gasteiger partial charge in [-0.15, -0.1) is 0 Å². The second-order valence-electron chi connectivity index (χ2n) is 8.10. The van der Waals surface area contributed by atoms with Gasteiger partial charge in [0, 0.05) is 11.5 Å². The van der Waals surface area contributed by atoms with Crippen molar-refractivity contribution in [3.05, 3.63) is 130 Å². The number of fused-ring (bicyclic) bond motifs is 3. The van der Waals surface area contributed by atoms with Crippen molar-refractivity contribution >= 4 is 23.5 Å². The lowest BCUT2D eigenvalue weighted by Gasteiger charge is -2.34. The minimum atomic E-state index is -0.289. The summed E-state index contributed by atoms with van der Waals surface area (Å²) in [6.07, 6.45) is 4.32. The first kappa shape index (κ1) is 20.5. The van der Waals surface area contributed by atoms with Crippen LogP contribution in [0.2, 0.25) is 0 Å². The fourth-order valence-corrected chi connectivity index (χ4v) is 6.11. The summed E-state index contributed by atoms with van der Waals surface area (Å²) in [4.78, 5) is 0. The molecule has 0 heterocycles. The first-order chi connectivity index (χ1) is 15.3. The van der Waals surface area contributed by atoms with Crippen molar-refractivity contribution in [3.8, 4) is 11.1 Å². The van der Waals surface area contributed by atoms with Crippen LogP contribution < -0.4 is 0 Å². The van der Waals surface area contributed by atoms with Gasteiger partial charge in [-0.05, 0) is 57.0 Å². The molecule has 0 spiro atoms. The molecule has 0 radical (unpaired) electrons. The molecule has 0 atom stereocenters. The Balaban J connectivity index is 1.80. The number of hydrogen-bond acceptors (Lipinski definition) is 2. The monoisotopic (exact) mass is 438 g/mol. The molecule has 0 aromatic heterocycles.